The summed E-state index contributed by atoms with van der Waals surface area (Å²) in [5.74, 6) is 1.81. The Labute approximate surface area is 173 Å². The number of carbonyl (C=O) groups excluding carboxylic acids is 1. The molecule has 0 radical (unpaired) electrons. The van der Waals surface area contributed by atoms with Gasteiger partial charge in [0.2, 0.25) is 5.91 Å². The summed E-state index contributed by atoms with van der Waals surface area (Å²) in [7, 11) is 0. The van der Waals surface area contributed by atoms with Crippen molar-refractivity contribution in [3.05, 3.63) is 65.2 Å². The zero-order valence-corrected chi connectivity index (χ0v) is 16.9. The van der Waals surface area contributed by atoms with E-state index in [1.165, 1.54) is 24.6 Å². The van der Waals surface area contributed by atoms with E-state index >= 15 is 0 Å². The Morgan fingerprint density at radius 2 is 1.86 bits per heavy atom. The van der Waals surface area contributed by atoms with Gasteiger partial charge in [0.25, 0.3) is 0 Å². The number of amides is 1. The molecule has 2 aromatic carbocycles. The minimum absolute atomic E-state index is 0.0409. The molecule has 1 heterocycles. The van der Waals surface area contributed by atoms with Gasteiger partial charge in [0.1, 0.15) is 0 Å². The van der Waals surface area contributed by atoms with Gasteiger partial charge in [-0.05, 0) is 48.6 Å². The lowest BCUT2D eigenvalue weighted by molar-refractivity contribution is -0.118. The van der Waals surface area contributed by atoms with E-state index in [1.54, 1.807) is 0 Å². The zero-order chi connectivity index (χ0) is 19.3. The third-order valence-electron chi connectivity index (χ3n) is 4.62. The quantitative estimate of drug-likeness (QED) is 0.561. The number of nitrogens with zero attached hydrogens (tertiary/aromatic N) is 3. The maximum atomic E-state index is 12.1. The molecule has 0 aliphatic heterocycles. The van der Waals surface area contributed by atoms with Crippen LogP contribution in [0.25, 0.3) is 11.4 Å². The van der Waals surface area contributed by atoms with Crippen LogP contribution in [0.3, 0.4) is 0 Å². The third-order valence-corrected chi connectivity index (χ3v) is 5.84. The molecule has 1 aliphatic rings. The van der Waals surface area contributed by atoms with Gasteiger partial charge in [-0.15, -0.1) is 10.2 Å². The normalized spacial score (nSPS) is 13.5. The molecular weight excluding hydrogens is 392 g/mol. The maximum Gasteiger partial charge on any atom is 0.230 e. The molecule has 0 atom stereocenters. The van der Waals surface area contributed by atoms with Crippen molar-refractivity contribution in [2.45, 2.75) is 24.5 Å². The molecule has 1 amide bonds. The number of hydrogen-bond donors (Lipinski definition) is 1. The summed E-state index contributed by atoms with van der Waals surface area (Å²) in [6.07, 6.45) is 2.45. The highest BCUT2D eigenvalue weighted by Crippen LogP contribution is 2.28. The highest BCUT2D eigenvalue weighted by molar-refractivity contribution is 7.99. The van der Waals surface area contributed by atoms with Crippen molar-refractivity contribution >= 4 is 29.3 Å². The van der Waals surface area contributed by atoms with Crippen LogP contribution in [0, 0.1) is 5.92 Å². The fraction of sp³-hybridized carbons (Fsp3) is 0.286. The largest absolute Gasteiger partial charge is 0.355 e. The molecule has 7 heteroatoms. The number of halogens is 1. The molecule has 1 saturated carbocycles. The second-order valence-electron chi connectivity index (χ2n) is 6.92. The molecule has 0 bridgehead atoms. The molecule has 144 valence electrons. The van der Waals surface area contributed by atoms with E-state index in [0.29, 0.717) is 23.2 Å². The molecule has 0 saturated heterocycles. The van der Waals surface area contributed by atoms with Crippen molar-refractivity contribution in [2.24, 2.45) is 5.92 Å². The molecule has 28 heavy (non-hydrogen) atoms. The zero-order valence-electron chi connectivity index (χ0n) is 15.3. The fourth-order valence-corrected chi connectivity index (χ4v) is 3.77. The fourth-order valence-electron chi connectivity index (χ4n) is 2.88. The SMILES string of the molecule is O=C(CSc1nnc(-c2ccc(Cl)cc2)n1Cc1ccccc1)NCC1CC1. The molecular formula is C21H21ClN4OS. The van der Waals surface area contributed by atoms with Crippen LogP contribution in [-0.2, 0) is 11.3 Å². The van der Waals surface area contributed by atoms with Gasteiger partial charge in [-0.2, -0.15) is 0 Å². The molecule has 1 fully saturated rings. The van der Waals surface area contributed by atoms with Crippen molar-refractivity contribution in [2.75, 3.05) is 12.3 Å². The van der Waals surface area contributed by atoms with E-state index in [9.17, 15) is 4.79 Å². The smallest absolute Gasteiger partial charge is 0.230 e. The van der Waals surface area contributed by atoms with Crippen LogP contribution in [0.4, 0.5) is 0 Å². The first-order valence-corrected chi connectivity index (χ1v) is 10.7. The topological polar surface area (TPSA) is 59.8 Å². The average molecular weight is 413 g/mol. The van der Waals surface area contributed by atoms with Crippen LogP contribution < -0.4 is 5.32 Å². The summed E-state index contributed by atoms with van der Waals surface area (Å²) in [6, 6.07) is 17.7. The number of rotatable bonds is 8. The molecule has 1 aromatic heterocycles. The number of benzene rings is 2. The Balaban J connectivity index is 1.54. The molecule has 0 spiro atoms. The molecule has 5 nitrogen and oxygen atoms in total. The predicted molar refractivity (Wildman–Crippen MR) is 112 cm³/mol. The number of carbonyl (C=O) groups is 1. The summed E-state index contributed by atoms with van der Waals surface area (Å²) in [5, 5.41) is 13.2. The number of hydrogen-bond acceptors (Lipinski definition) is 4. The second kappa shape index (κ2) is 8.80. The Morgan fingerprint density at radius 3 is 2.57 bits per heavy atom. The molecule has 3 aromatic rings. The summed E-state index contributed by atoms with van der Waals surface area (Å²) < 4.78 is 2.05. The first-order chi connectivity index (χ1) is 13.7. The second-order valence-corrected chi connectivity index (χ2v) is 8.30. The van der Waals surface area contributed by atoms with Gasteiger partial charge < -0.3 is 5.32 Å². The van der Waals surface area contributed by atoms with Crippen LogP contribution in [0.1, 0.15) is 18.4 Å². The van der Waals surface area contributed by atoms with Gasteiger partial charge >= 0.3 is 0 Å². The first-order valence-electron chi connectivity index (χ1n) is 9.31. The first kappa shape index (κ1) is 19.0. The van der Waals surface area contributed by atoms with Crippen LogP contribution in [-0.4, -0.2) is 33.0 Å². The highest BCUT2D eigenvalue weighted by Gasteiger charge is 2.22. The van der Waals surface area contributed by atoms with Gasteiger partial charge in [0.15, 0.2) is 11.0 Å². The lowest BCUT2D eigenvalue weighted by Crippen LogP contribution is -2.27. The minimum Gasteiger partial charge on any atom is -0.355 e. The molecule has 0 unspecified atom stereocenters. The molecule has 4 rings (SSSR count). The van der Waals surface area contributed by atoms with Crippen molar-refractivity contribution in [1.29, 1.82) is 0 Å². The van der Waals surface area contributed by atoms with Crippen molar-refractivity contribution in [3.8, 4) is 11.4 Å². The van der Waals surface area contributed by atoms with Crippen LogP contribution in [0.15, 0.2) is 59.8 Å². The van der Waals surface area contributed by atoms with E-state index < -0.39 is 0 Å². The van der Waals surface area contributed by atoms with Crippen LogP contribution in [0.5, 0.6) is 0 Å². The number of aromatic nitrogens is 3. The van der Waals surface area contributed by atoms with Crippen LogP contribution in [0.2, 0.25) is 5.02 Å². The summed E-state index contributed by atoms with van der Waals surface area (Å²) in [6.45, 7) is 1.42. The molecule has 1 N–H and O–H groups in total. The summed E-state index contributed by atoms with van der Waals surface area (Å²) in [5.41, 5.74) is 2.09. The monoisotopic (exact) mass is 412 g/mol. The Hall–Kier alpha value is -2.31. The van der Waals surface area contributed by atoms with Gasteiger partial charge in [0, 0.05) is 17.1 Å². The minimum atomic E-state index is 0.0409. The average Bonchev–Trinajstić information content (AvgIpc) is 3.47. The Kier molecular flexibility index (Phi) is 5.98. The van der Waals surface area contributed by atoms with Crippen molar-refractivity contribution < 1.29 is 4.79 Å². The highest BCUT2D eigenvalue weighted by atomic mass is 35.5. The summed E-state index contributed by atoms with van der Waals surface area (Å²) in [4.78, 5) is 12.1. The van der Waals surface area contributed by atoms with Gasteiger partial charge in [-0.25, -0.2) is 0 Å². The maximum absolute atomic E-state index is 12.1. The van der Waals surface area contributed by atoms with E-state index in [4.69, 9.17) is 11.6 Å². The van der Waals surface area contributed by atoms with Gasteiger partial charge in [-0.1, -0.05) is 53.7 Å². The lowest BCUT2D eigenvalue weighted by atomic mass is 10.2. The number of thioether (sulfide) groups is 1. The third kappa shape index (κ3) is 4.94. The predicted octanol–water partition coefficient (Wildman–Crippen LogP) is 4.27. The number of nitrogens with one attached hydrogen (secondary N) is 1. The molecule has 1 aliphatic carbocycles. The van der Waals surface area contributed by atoms with E-state index in [-0.39, 0.29) is 5.91 Å². The standard InChI is InChI=1S/C21H21ClN4OS/c22-18-10-8-17(9-11-18)20-24-25-21(26(20)13-16-4-2-1-3-5-16)28-14-19(27)23-12-15-6-7-15/h1-5,8-11,15H,6-7,12-14H2,(H,23,27). The van der Waals surface area contributed by atoms with Crippen molar-refractivity contribution in [3.63, 3.8) is 0 Å². The van der Waals surface area contributed by atoms with Crippen LogP contribution >= 0.6 is 23.4 Å². The van der Waals surface area contributed by atoms with Crippen molar-refractivity contribution in [1.82, 2.24) is 20.1 Å². The van der Waals surface area contributed by atoms with Gasteiger partial charge in [-0.3, -0.25) is 9.36 Å². The summed E-state index contributed by atoms with van der Waals surface area (Å²) >= 11 is 7.44. The Morgan fingerprint density at radius 1 is 1.11 bits per heavy atom. The van der Waals surface area contributed by atoms with E-state index in [2.05, 4.69) is 32.2 Å². The van der Waals surface area contributed by atoms with E-state index in [0.717, 1.165) is 28.7 Å². The Bertz CT molecular complexity index is 939. The van der Waals surface area contributed by atoms with Gasteiger partial charge in [0.05, 0.1) is 12.3 Å². The van der Waals surface area contributed by atoms with E-state index in [1.807, 2.05) is 42.5 Å². The lowest BCUT2D eigenvalue weighted by Gasteiger charge is -2.11.